The van der Waals surface area contributed by atoms with E-state index in [4.69, 9.17) is 17.3 Å². The van der Waals surface area contributed by atoms with E-state index in [1.54, 1.807) is 31.2 Å². The summed E-state index contributed by atoms with van der Waals surface area (Å²) in [6.45, 7) is 1.62. The largest absolute Gasteiger partial charge is 0.399 e. The van der Waals surface area contributed by atoms with E-state index < -0.39 is 20.1 Å². The summed E-state index contributed by atoms with van der Waals surface area (Å²) in [4.78, 5) is 0. The quantitative estimate of drug-likeness (QED) is 0.648. The van der Waals surface area contributed by atoms with Crippen molar-refractivity contribution in [2.75, 3.05) is 12.0 Å². The first kappa shape index (κ1) is 14.3. The maximum absolute atomic E-state index is 11.6. The molecule has 1 rings (SSSR count). The smallest absolute Gasteiger partial charge is 0.174 e. The molecule has 1 aromatic rings. The number of anilines is 1. The fourth-order valence-corrected chi connectivity index (χ4v) is 2.78. The maximum atomic E-state index is 11.6. The summed E-state index contributed by atoms with van der Waals surface area (Å²) in [6.07, 6.45) is -0.159. The van der Waals surface area contributed by atoms with E-state index in [1.165, 1.54) is 0 Å². The van der Waals surface area contributed by atoms with Crippen LogP contribution in [0.15, 0.2) is 24.3 Å². The number of benzene rings is 1. The Morgan fingerprint density at radius 3 is 2.24 bits per heavy atom. The van der Waals surface area contributed by atoms with Crippen LogP contribution in [0.4, 0.5) is 5.69 Å². The highest BCUT2D eigenvalue weighted by Gasteiger charge is 2.44. The lowest BCUT2D eigenvalue weighted by Crippen LogP contribution is -2.37. The van der Waals surface area contributed by atoms with Crippen LogP contribution in [0.2, 0.25) is 0 Å². The summed E-state index contributed by atoms with van der Waals surface area (Å²) in [5.41, 5.74) is 6.49. The minimum absolute atomic E-state index is 0.110. The van der Waals surface area contributed by atoms with Gasteiger partial charge in [0.15, 0.2) is 14.0 Å². The van der Waals surface area contributed by atoms with Gasteiger partial charge >= 0.3 is 0 Å². The van der Waals surface area contributed by atoms with Gasteiger partial charge in [-0.25, -0.2) is 8.42 Å². The Bertz CT molecular complexity index is 486. The lowest BCUT2D eigenvalue weighted by atomic mass is 10.0. The van der Waals surface area contributed by atoms with E-state index in [0.717, 1.165) is 6.26 Å². The SMILES string of the molecule is CC[C@](Cl)([C@H](O)c1ccc(N)cc1)S(C)(=O)=O. The van der Waals surface area contributed by atoms with Crippen LogP contribution in [0.5, 0.6) is 0 Å². The van der Waals surface area contributed by atoms with E-state index in [-0.39, 0.29) is 6.42 Å². The van der Waals surface area contributed by atoms with Crippen molar-refractivity contribution < 1.29 is 13.5 Å². The van der Waals surface area contributed by atoms with Crippen LogP contribution in [0, 0.1) is 0 Å². The first-order valence-corrected chi connectivity index (χ1v) is 7.41. The third kappa shape index (κ3) is 2.73. The minimum Gasteiger partial charge on any atom is -0.399 e. The van der Waals surface area contributed by atoms with Crippen molar-refractivity contribution in [2.45, 2.75) is 23.7 Å². The molecule has 0 amide bonds. The van der Waals surface area contributed by atoms with Crippen LogP contribution in [0.1, 0.15) is 25.0 Å². The van der Waals surface area contributed by atoms with Crippen molar-refractivity contribution in [3.63, 3.8) is 0 Å². The van der Waals surface area contributed by atoms with Crippen LogP contribution in [-0.2, 0) is 9.84 Å². The summed E-state index contributed by atoms with van der Waals surface area (Å²) in [5, 5.41) is 10.1. The predicted octanol–water partition coefficient (Wildman–Crippen LogP) is 1.69. The molecule has 0 fully saturated rings. The second kappa shape index (κ2) is 4.84. The molecule has 0 spiro atoms. The van der Waals surface area contributed by atoms with Gasteiger partial charge in [0.25, 0.3) is 0 Å². The van der Waals surface area contributed by atoms with Crippen LogP contribution in [0.3, 0.4) is 0 Å². The number of alkyl halides is 1. The van der Waals surface area contributed by atoms with Gasteiger partial charge in [-0.1, -0.05) is 30.7 Å². The zero-order valence-corrected chi connectivity index (χ0v) is 11.3. The molecule has 0 aliphatic rings. The van der Waals surface area contributed by atoms with Gasteiger partial charge < -0.3 is 10.8 Å². The molecule has 3 N–H and O–H groups in total. The van der Waals surface area contributed by atoms with E-state index in [1.807, 2.05) is 0 Å². The second-order valence-corrected chi connectivity index (χ2v) is 7.15. The van der Waals surface area contributed by atoms with E-state index in [9.17, 15) is 13.5 Å². The molecule has 0 aliphatic carbocycles. The lowest BCUT2D eigenvalue weighted by molar-refractivity contribution is 0.155. The fourth-order valence-electron chi connectivity index (χ4n) is 1.59. The average Bonchev–Trinajstić information content (AvgIpc) is 2.26. The predicted molar refractivity (Wildman–Crippen MR) is 69.5 cm³/mol. The van der Waals surface area contributed by atoms with Gasteiger partial charge in [0.05, 0.1) is 0 Å². The number of hydrogen-bond acceptors (Lipinski definition) is 4. The number of rotatable bonds is 4. The van der Waals surface area contributed by atoms with Gasteiger partial charge in [0.1, 0.15) is 6.10 Å². The Morgan fingerprint density at radius 1 is 1.41 bits per heavy atom. The third-order valence-corrected chi connectivity index (χ3v) is 5.82. The Hall–Kier alpha value is -0.780. The molecule has 0 unspecified atom stereocenters. The average molecular weight is 278 g/mol. The normalized spacial score (nSPS) is 17.4. The number of aliphatic hydroxyl groups is 1. The first-order valence-electron chi connectivity index (χ1n) is 5.14. The maximum Gasteiger partial charge on any atom is 0.174 e. The molecule has 0 heterocycles. The molecule has 17 heavy (non-hydrogen) atoms. The lowest BCUT2D eigenvalue weighted by Gasteiger charge is -2.29. The highest BCUT2D eigenvalue weighted by Crippen LogP contribution is 2.39. The highest BCUT2D eigenvalue weighted by atomic mass is 35.5. The van der Waals surface area contributed by atoms with Gasteiger partial charge in [-0.15, -0.1) is 0 Å². The first-order chi connectivity index (χ1) is 7.72. The van der Waals surface area contributed by atoms with Crippen molar-refractivity contribution in [1.29, 1.82) is 0 Å². The molecular formula is C11H16ClNO3S. The number of hydrogen-bond donors (Lipinski definition) is 2. The number of nitrogens with two attached hydrogens (primary N) is 1. The van der Waals surface area contributed by atoms with E-state index in [2.05, 4.69) is 0 Å². The van der Waals surface area contributed by atoms with Crippen molar-refractivity contribution >= 4 is 27.1 Å². The van der Waals surface area contributed by atoms with Gasteiger partial charge in [-0.05, 0) is 24.1 Å². The summed E-state index contributed by atoms with van der Waals surface area (Å²) in [5.74, 6) is 0. The van der Waals surface area contributed by atoms with Crippen molar-refractivity contribution in [3.05, 3.63) is 29.8 Å². The Labute approximate surface area is 106 Å². The third-order valence-electron chi connectivity index (χ3n) is 2.76. The van der Waals surface area contributed by atoms with Gasteiger partial charge in [-0.3, -0.25) is 0 Å². The summed E-state index contributed by atoms with van der Waals surface area (Å²) in [6, 6.07) is 6.32. The molecule has 96 valence electrons. The topological polar surface area (TPSA) is 80.4 Å². The Balaban J connectivity index is 3.19. The van der Waals surface area contributed by atoms with Crippen molar-refractivity contribution in [1.82, 2.24) is 0 Å². The van der Waals surface area contributed by atoms with Crippen molar-refractivity contribution in [2.24, 2.45) is 0 Å². The number of halogens is 1. The number of sulfone groups is 1. The summed E-state index contributed by atoms with van der Waals surface area (Å²) >= 11 is 6.06. The molecule has 2 atom stereocenters. The monoisotopic (exact) mass is 277 g/mol. The number of aliphatic hydroxyl groups excluding tert-OH is 1. The zero-order chi connectivity index (χ0) is 13.3. The Kier molecular flexibility index (Phi) is 4.06. The van der Waals surface area contributed by atoms with Crippen LogP contribution in [0.25, 0.3) is 0 Å². The van der Waals surface area contributed by atoms with E-state index >= 15 is 0 Å². The minimum atomic E-state index is -3.59. The molecule has 0 aliphatic heterocycles. The van der Waals surface area contributed by atoms with Crippen molar-refractivity contribution in [3.8, 4) is 0 Å². The van der Waals surface area contributed by atoms with Gasteiger partial charge in [0, 0.05) is 11.9 Å². The second-order valence-electron chi connectivity index (χ2n) is 3.98. The van der Waals surface area contributed by atoms with Gasteiger partial charge in [0.2, 0.25) is 0 Å². The van der Waals surface area contributed by atoms with Crippen LogP contribution < -0.4 is 5.73 Å². The molecular weight excluding hydrogens is 262 g/mol. The summed E-state index contributed by atoms with van der Waals surface area (Å²) < 4.78 is 21.6. The van der Waals surface area contributed by atoms with E-state index in [0.29, 0.717) is 11.3 Å². The Morgan fingerprint density at radius 2 is 1.88 bits per heavy atom. The zero-order valence-electron chi connectivity index (χ0n) is 9.72. The molecule has 0 aromatic heterocycles. The fraction of sp³-hybridized carbons (Fsp3) is 0.455. The van der Waals surface area contributed by atoms with Crippen LogP contribution in [-0.4, -0.2) is 24.0 Å². The van der Waals surface area contributed by atoms with Gasteiger partial charge in [-0.2, -0.15) is 0 Å². The molecule has 4 nitrogen and oxygen atoms in total. The summed E-state index contributed by atoms with van der Waals surface area (Å²) in [7, 11) is -3.59. The number of nitrogen functional groups attached to an aromatic ring is 1. The highest BCUT2D eigenvalue weighted by molar-refractivity contribution is 7.93. The molecule has 6 heteroatoms. The van der Waals surface area contributed by atoms with Crippen LogP contribution >= 0.6 is 11.6 Å². The molecule has 0 bridgehead atoms. The molecule has 0 saturated heterocycles. The molecule has 1 aromatic carbocycles. The molecule has 0 radical (unpaired) electrons. The molecule has 0 saturated carbocycles. The standard InChI is InChI=1S/C11H16ClNO3S/c1-3-11(12,17(2,15)16)10(14)8-4-6-9(13)7-5-8/h4-7,10,14H,3,13H2,1-2H3/t10-,11-/m1/s1.